The lowest BCUT2D eigenvalue weighted by Gasteiger charge is -2.08. The van der Waals surface area contributed by atoms with E-state index in [0.717, 1.165) is 5.56 Å². The number of rotatable bonds is 3. The topological polar surface area (TPSA) is 39.2 Å². The van der Waals surface area contributed by atoms with Gasteiger partial charge >= 0.3 is 5.97 Å². The van der Waals surface area contributed by atoms with E-state index < -0.39 is 5.97 Å². The van der Waals surface area contributed by atoms with Crippen molar-refractivity contribution in [3.63, 3.8) is 0 Å². The van der Waals surface area contributed by atoms with Gasteiger partial charge in [0.25, 0.3) is 0 Å². The molecule has 0 N–H and O–H groups in total. The van der Waals surface area contributed by atoms with E-state index in [1.54, 1.807) is 25.3 Å². The van der Waals surface area contributed by atoms with Crippen LogP contribution in [0.1, 0.15) is 6.92 Å². The van der Waals surface area contributed by atoms with Crippen LogP contribution >= 0.6 is 0 Å². The first-order valence-corrected chi connectivity index (χ1v) is 5.56. The van der Waals surface area contributed by atoms with Gasteiger partial charge in [-0.15, -0.1) is 0 Å². The number of nitrogens with zero attached hydrogens (tertiary/aromatic N) is 1. The highest BCUT2D eigenvalue weighted by Crippen LogP contribution is 2.27. The molecular weight excluding hydrogens is 226 g/mol. The van der Waals surface area contributed by atoms with Crippen LogP contribution in [0.2, 0.25) is 0 Å². The summed E-state index contributed by atoms with van der Waals surface area (Å²) in [6.45, 7) is 5.17. The van der Waals surface area contributed by atoms with Crippen LogP contribution in [0.15, 0.2) is 60.8 Å². The Kier molecular flexibility index (Phi) is 3.53. The van der Waals surface area contributed by atoms with Gasteiger partial charge in [-0.3, -0.25) is 4.98 Å². The largest absolute Gasteiger partial charge is 0.421 e. The van der Waals surface area contributed by atoms with Gasteiger partial charge in [0.05, 0.1) is 0 Å². The zero-order valence-corrected chi connectivity index (χ0v) is 10.1. The van der Waals surface area contributed by atoms with E-state index in [4.69, 9.17) is 4.74 Å². The summed E-state index contributed by atoms with van der Waals surface area (Å²) in [5, 5.41) is 0. The highest BCUT2D eigenvalue weighted by Gasteiger charge is 2.11. The third kappa shape index (κ3) is 2.63. The lowest BCUT2D eigenvalue weighted by molar-refractivity contribution is -0.130. The monoisotopic (exact) mass is 239 g/mol. The fourth-order valence-corrected chi connectivity index (χ4v) is 1.47. The Morgan fingerprint density at radius 2 is 1.89 bits per heavy atom. The van der Waals surface area contributed by atoms with Crippen molar-refractivity contribution >= 4 is 5.97 Å². The number of hydrogen-bond acceptors (Lipinski definition) is 3. The second-order valence-electron chi connectivity index (χ2n) is 3.89. The molecule has 18 heavy (non-hydrogen) atoms. The van der Waals surface area contributed by atoms with Crippen LogP contribution in [0, 0.1) is 0 Å². The lowest BCUT2D eigenvalue weighted by Crippen LogP contribution is -2.09. The normalized spacial score (nSPS) is 9.83. The Morgan fingerprint density at radius 3 is 2.56 bits per heavy atom. The standard InChI is InChI=1S/C15H13NO2/c1-11(2)15(17)18-13-9-6-10-16-14(13)12-7-4-3-5-8-12/h3-10H,1H2,2H3. The predicted molar refractivity (Wildman–Crippen MR) is 70.1 cm³/mol. The third-order valence-electron chi connectivity index (χ3n) is 2.37. The minimum atomic E-state index is -0.444. The maximum absolute atomic E-state index is 11.5. The SMILES string of the molecule is C=C(C)C(=O)Oc1cccnc1-c1ccccc1. The summed E-state index contributed by atoms with van der Waals surface area (Å²) < 4.78 is 5.26. The molecule has 0 fully saturated rings. The zero-order chi connectivity index (χ0) is 13.0. The highest BCUT2D eigenvalue weighted by molar-refractivity contribution is 5.89. The zero-order valence-electron chi connectivity index (χ0n) is 10.1. The maximum atomic E-state index is 11.5. The van der Waals surface area contributed by atoms with Crippen molar-refractivity contribution in [1.29, 1.82) is 0 Å². The van der Waals surface area contributed by atoms with Gasteiger partial charge in [0, 0.05) is 17.3 Å². The van der Waals surface area contributed by atoms with Crippen molar-refractivity contribution in [1.82, 2.24) is 4.98 Å². The molecule has 3 heteroatoms. The number of pyridine rings is 1. The van der Waals surface area contributed by atoms with Crippen molar-refractivity contribution in [3.8, 4) is 17.0 Å². The Balaban J connectivity index is 2.38. The van der Waals surface area contributed by atoms with Gasteiger partial charge in [0.2, 0.25) is 0 Å². The second kappa shape index (κ2) is 5.27. The molecule has 0 unspecified atom stereocenters. The molecule has 0 amide bonds. The van der Waals surface area contributed by atoms with Gasteiger partial charge < -0.3 is 4.74 Å². The number of carbonyl (C=O) groups is 1. The molecule has 0 aliphatic rings. The van der Waals surface area contributed by atoms with Crippen molar-refractivity contribution in [2.75, 3.05) is 0 Å². The number of carbonyl (C=O) groups excluding carboxylic acids is 1. The average Bonchev–Trinajstić information content (AvgIpc) is 2.40. The molecule has 0 bridgehead atoms. The summed E-state index contributed by atoms with van der Waals surface area (Å²) >= 11 is 0. The number of esters is 1. The summed E-state index contributed by atoms with van der Waals surface area (Å²) in [5.74, 6) is -0.00289. The summed E-state index contributed by atoms with van der Waals surface area (Å²) in [6.07, 6.45) is 1.67. The van der Waals surface area contributed by atoms with E-state index in [0.29, 0.717) is 17.0 Å². The van der Waals surface area contributed by atoms with E-state index in [2.05, 4.69) is 11.6 Å². The van der Waals surface area contributed by atoms with Crippen molar-refractivity contribution in [2.45, 2.75) is 6.92 Å². The van der Waals surface area contributed by atoms with Crippen molar-refractivity contribution in [2.24, 2.45) is 0 Å². The fourth-order valence-electron chi connectivity index (χ4n) is 1.47. The lowest BCUT2D eigenvalue weighted by atomic mass is 10.1. The van der Waals surface area contributed by atoms with Gasteiger partial charge in [-0.2, -0.15) is 0 Å². The van der Waals surface area contributed by atoms with E-state index >= 15 is 0 Å². The molecule has 0 atom stereocenters. The van der Waals surface area contributed by atoms with Crippen molar-refractivity contribution < 1.29 is 9.53 Å². The van der Waals surface area contributed by atoms with E-state index in [9.17, 15) is 4.79 Å². The smallest absolute Gasteiger partial charge is 0.338 e. The van der Waals surface area contributed by atoms with E-state index in [-0.39, 0.29) is 0 Å². The minimum absolute atomic E-state index is 0.359. The van der Waals surface area contributed by atoms with Crippen LogP contribution in [-0.4, -0.2) is 11.0 Å². The molecule has 3 nitrogen and oxygen atoms in total. The van der Waals surface area contributed by atoms with Crippen LogP contribution in [0.4, 0.5) is 0 Å². The van der Waals surface area contributed by atoms with Crippen molar-refractivity contribution in [3.05, 3.63) is 60.8 Å². The average molecular weight is 239 g/mol. The molecular formula is C15H13NO2. The quantitative estimate of drug-likeness (QED) is 0.609. The van der Waals surface area contributed by atoms with Gasteiger partial charge in [-0.1, -0.05) is 36.9 Å². The first-order valence-electron chi connectivity index (χ1n) is 5.56. The molecule has 90 valence electrons. The first-order chi connectivity index (χ1) is 8.68. The van der Waals surface area contributed by atoms with Crippen LogP contribution in [0.3, 0.4) is 0 Å². The van der Waals surface area contributed by atoms with Crippen LogP contribution in [-0.2, 0) is 4.79 Å². The molecule has 0 radical (unpaired) electrons. The number of ether oxygens (including phenoxy) is 1. The Bertz CT molecular complexity index is 576. The summed E-state index contributed by atoms with van der Waals surface area (Å²) in [5.41, 5.74) is 1.91. The number of benzene rings is 1. The molecule has 1 aromatic carbocycles. The fraction of sp³-hybridized carbons (Fsp3) is 0.0667. The Morgan fingerprint density at radius 1 is 1.17 bits per heavy atom. The molecule has 2 aromatic rings. The third-order valence-corrected chi connectivity index (χ3v) is 2.37. The molecule has 0 saturated carbocycles. The first kappa shape index (κ1) is 12.0. The van der Waals surface area contributed by atoms with E-state index in [1.165, 1.54) is 0 Å². The Labute approximate surface area is 106 Å². The van der Waals surface area contributed by atoms with Gasteiger partial charge in [-0.25, -0.2) is 4.79 Å². The van der Waals surface area contributed by atoms with Gasteiger partial charge in [0.1, 0.15) is 5.69 Å². The number of hydrogen-bond donors (Lipinski definition) is 0. The highest BCUT2D eigenvalue weighted by atomic mass is 16.5. The predicted octanol–water partition coefficient (Wildman–Crippen LogP) is 3.23. The summed E-state index contributed by atoms with van der Waals surface area (Å²) in [4.78, 5) is 15.8. The molecule has 2 rings (SSSR count). The van der Waals surface area contributed by atoms with E-state index in [1.807, 2.05) is 30.3 Å². The van der Waals surface area contributed by atoms with Crippen LogP contribution < -0.4 is 4.74 Å². The molecule has 1 aromatic heterocycles. The Hall–Kier alpha value is -2.42. The molecule has 0 saturated heterocycles. The second-order valence-corrected chi connectivity index (χ2v) is 3.89. The van der Waals surface area contributed by atoms with Gasteiger partial charge in [-0.05, 0) is 19.1 Å². The molecule has 0 aliphatic heterocycles. The molecule has 0 aliphatic carbocycles. The van der Waals surface area contributed by atoms with Gasteiger partial charge in [0.15, 0.2) is 5.75 Å². The van der Waals surface area contributed by atoms with Crippen LogP contribution in [0.25, 0.3) is 11.3 Å². The van der Waals surface area contributed by atoms with Crippen LogP contribution in [0.5, 0.6) is 5.75 Å². The summed E-state index contributed by atoms with van der Waals surface area (Å²) in [6, 6.07) is 13.0. The maximum Gasteiger partial charge on any atom is 0.338 e. The molecule has 0 spiro atoms. The minimum Gasteiger partial charge on any atom is -0.421 e. The number of aromatic nitrogens is 1. The summed E-state index contributed by atoms with van der Waals surface area (Å²) in [7, 11) is 0. The molecule has 1 heterocycles.